The predicted octanol–water partition coefficient (Wildman–Crippen LogP) is 5.47. The van der Waals surface area contributed by atoms with E-state index in [4.69, 9.17) is 32.9 Å². The highest BCUT2D eigenvalue weighted by molar-refractivity contribution is 6.36. The van der Waals surface area contributed by atoms with Crippen molar-refractivity contribution in [2.24, 2.45) is 5.41 Å². The standard InChI is InChI=1S/C35H42ClN7O2/c1-6-31(44)43-18-17-42(20-26(43)19-37-4)33-27-13-16-41(30-12-8-10-25-9-7-11-28(36)32(25)30)21-29(27)38-34(39-33)45-23-35(14-15-35)22-40(5)24(2)3/h6-12,24,26H,1,13-23H2,2-3,5H3/t26-/m0/s1. The molecule has 0 N–H and O–H groups in total. The average Bonchev–Trinajstić information content (AvgIpc) is 3.82. The number of anilines is 2. The molecule has 2 fully saturated rings. The van der Waals surface area contributed by atoms with Crippen molar-refractivity contribution in [3.05, 3.63) is 76.8 Å². The molecule has 1 aliphatic carbocycles. The molecule has 10 heteroatoms. The lowest BCUT2D eigenvalue weighted by atomic mass is 10.0. The van der Waals surface area contributed by atoms with Crippen molar-refractivity contribution in [3.63, 3.8) is 0 Å². The number of halogens is 1. The van der Waals surface area contributed by atoms with Gasteiger partial charge in [0.2, 0.25) is 12.5 Å². The summed E-state index contributed by atoms with van der Waals surface area (Å²) in [6.45, 7) is 20.5. The second-order valence-electron chi connectivity index (χ2n) is 13.0. The van der Waals surface area contributed by atoms with Crippen LogP contribution < -0.4 is 14.5 Å². The number of ether oxygens (including phenoxy) is 1. The Kier molecular flexibility index (Phi) is 8.89. The van der Waals surface area contributed by atoms with Crippen LogP contribution in [0.15, 0.2) is 49.1 Å². The third-order valence-electron chi connectivity index (χ3n) is 9.67. The van der Waals surface area contributed by atoms with Crippen molar-refractivity contribution in [1.82, 2.24) is 19.8 Å². The van der Waals surface area contributed by atoms with Gasteiger partial charge in [-0.1, -0.05) is 42.4 Å². The van der Waals surface area contributed by atoms with Gasteiger partial charge in [-0.3, -0.25) is 4.79 Å². The van der Waals surface area contributed by atoms with Gasteiger partial charge in [0.25, 0.3) is 0 Å². The van der Waals surface area contributed by atoms with Crippen LogP contribution in [0.2, 0.25) is 5.02 Å². The molecule has 6 rings (SSSR count). The Hall–Kier alpha value is -3.87. The highest BCUT2D eigenvalue weighted by Crippen LogP contribution is 2.46. The van der Waals surface area contributed by atoms with Crippen molar-refractivity contribution in [1.29, 1.82) is 0 Å². The van der Waals surface area contributed by atoms with E-state index < -0.39 is 0 Å². The summed E-state index contributed by atoms with van der Waals surface area (Å²) in [5.74, 6) is 0.720. The molecule has 2 aromatic carbocycles. The largest absolute Gasteiger partial charge is 0.463 e. The second kappa shape index (κ2) is 12.9. The second-order valence-corrected chi connectivity index (χ2v) is 13.4. The molecule has 1 saturated heterocycles. The molecule has 3 aromatic rings. The normalized spacial score (nSPS) is 19.0. The molecule has 0 bridgehead atoms. The van der Waals surface area contributed by atoms with E-state index in [-0.39, 0.29) is 23.9 Å². The van der Waals surface area contributed by atoms with Crippen LogP contribution in [0.25, 0.3) is 15.6 Å². The SMILES string of the molecule is [C-]#[N+]C[C@H]1CN(c2nc(OCC3(CN(C)C(C)C)CC3)nc3c2CCN(c2cccc4cccc(Cl)c24)C3)CCN1C(=O)C=C. The smallest absolute Gasteiger partial charge is 0.318 e. The number of rotatable bonds is 10. The van der Waals surface area contributed by atoms with E-state index in [2.05, 4.69) is 71.3 Å². The molecule has 3 heterocycles. The number of piperazine rings is 1. The quantitative estimate of drug-likeness (QED) is 0.218. The summed E-state index contributed by atoms with van der Waals surface area (Å²) in [5, 5.41) is 2.89. The van der Waals surface area contributed by atoms with E-state index in [1.165, 1.54) is 6.08 Å². The summed E-state index contributed by atoms with van der Waals surface area (Å²) in [4.78, 5) is 35.0. The Bertz CT molecular complexity index is 1630. The summed E-state index contributed by atoms with van der Waals surface area (Å²) >= 11 is 6.73. The van der Waals surface area contributed by atoms with Gasteiger partial charge in [0.15, 0.2) is 0 Å². The van der Waals surface area contributed by atoms with Crippen LogP contribution in [0.5, 0.6) is 6.01 Å². The number of hydrogen-bond acceptors (Lipinski definition) is 7. The topological polar surface area (TPSA) is 69.4 Å². The van der Waals surface area contributed by atoms with Crippen LogP contribution in [0.1, 0.15) is 37.9 Å². The molecule has 0 unspecified atom stereocenters. The summed E-state index contributed by atoms with van der Waals surface area (Å²) < 4.78 is 6.45. The summed E-state index contributed by atoms with van der Waals surface area (Å²) in [5.41, 5.74) is 3.27. The van der Waals surface area contributed by atoms with Crippen molar-refractivity contribution < 1.29 is 9.53 Å². The molecule has 1 aromatic heterocycles. The first-order valence-electron chi connectivity index (χ1n) is 15.9. The summed E-state index contributed by atoms with van der Waals surface area (Å²) in [7, 11) is 2.17. The van der Waals surface area contributed by atoms with Gasteiger partial charge in [-0.05, 0) is 63.8 Å². The van der Waals surface area contributed by atoms with E-state index in [1.54, 1.807) is 4.90 Å². The van der Waals surface area contributed by atoms with Crippen molar-refractivity contribution in [2.45, 2.75) is 51.7 Å². The van der Waals surface area contributed by atoms with Gasteiger partial charge in [-0.25, -0.2) is 6.57 Å². The van der Waals surface area contributed by atoms with Gasteiger partial charge in [0.05, 0.1) is 23.9 Å². The maximum atomic E-state index is 12.6. The van der Waals surface area contributed by atoms with Crippen LogP contribution in [-0.2, 0) is 17.8 Å². The van der Waals surface area contributed by atoms with E-state index in [0.717, 1.165) is 70.9 Å². The van der Waals surface area contributed by atoms with Crippen LogP contribution in [0.3, 0.4) is 0 Å². The van der Waals surface area contributed by atoms with Crippen LogP contribution in [-0.4, -0.2) is 90.7 Å². The minimum atomic E-state index is -0.240. The molecule has 1 amide bonds. The predicted molar refractivity (Wildman–Crippen MR) is 180 cm³/mol. The van der Waals surface area contributed by atoms with E-state index >= 15 is 0 Å². The average molecular weight is 628 g/mol. The van der Waals surface area contributed by atoms with Gasteiger partial charge in [0.1, 0.15) is 11.9 Å². The fourth-order valence-electron chi connectivity index (χ4n) is 6.63. The van der Waals surface area contributed by atoms with E-state index in [0.29, 0.717) is 44.8 Å². The van der Waals surface area contributed by atoms with Crippen molar-refractivity contribution in [2.75, 3.05) is 62.7 Å². The zero-order chi connectivity index (χ0) is 31.7. The zero-order valence-electron chi connectivity index (χ0n) is 26.5. The first-order chi connectivity index (χ1) is 21.7. The molecule has 236 valence electrons. The molecule has 2 aliphatic heterocycles. The van der Waals surface area contributed by atoms with Gasteiger partial charge < -0.3 is 29.2 Å². The Morgan fingerprint density at radius 1 is 1.20 bits per heavy atom. The number of benzene rings is 2. The molecule has 45 heavy (non-hydrogen) atoms. The lowest BCUT2D eigenvalue weighted by Crippen LogP contribution is -2.56. The number of amides is 1. The number of carbonyl (C=O) groups excluding carboxylic acids is 1. The first-order valence-corrected chi connectivity index (χ1v) is 16.3. The molecule has 3 aliphatic rings. The van der Waals surface area contributed by atoms with E-state index in [9.17, 15) is 4.79 Å². The van der Waals surface area contributed by atoms with Crippen molar-refractivity contribution >= 4 is 39.8 Å². The highest BCUT2D eigenvalue weighted by atomic mass is 35.5. The maximum Gasteiger partial charge on any atom is 0.318 e. The maximum absolute atomic E-state index is 12.6. The Labute approximate surface area is 271 Å². The fraction of sp³-hybridized carbons (Fsp3) is 0.486. The lowest BCUT2D eigenvalue weighted by Gasteiger charge is -2.41. The fourth-order valence-corrected chi connectivity index (χ4v) is 6.91. The summed E-state index contributed by atoms with van der Waals surface area (Å²) in [6.07, 6.45) is 4.36. The van der Waals surface area contributed by atoms with E-state index in [1.807, 2.05) is 12.1 Å². The van der Waals surface area contributed by atoms with Crippen LogP contribution >= 0.6 is 11.6 Å². The number of aromatic nitrogens is 2. The first kappa shape index (κ1) is 31.1. The molecule has 0 spiro atoms. The van der Waals surface area contributed by atoms with Crippen LogP contribution in [0, 0.1) is 12.0 Å². The number of nitrogens with zero attached hydrogens (tertiary/aromatic N) is 7. The number of fused-ring (bicyclic) bond motifs is 2. The Morgan fingerprint density at radius 2 is 1.98 bits per heavy atom. The molecule has 1 atom stereocenters. The highest BCUT2D eigenvalue weighted by Gasteiger charge is 2.45. The molecular weight excluding hydrogens is 586 g/mol. The number of carbonyl (C=O) groups is 1. The minimum Gasteiger partial charge on any atom is -0.463 e. The molecular formula is C35H42ClN7O2. The minimum absolute atomic E-state index is 0.127. The monoisotopic (exact) mass is 627 g/mol. The number of hydrogen-bond donors (Lipinski definition) is 0. The van der Waals surface area contributed by atoms with Gasteiger partial charge in [-0.2, -0.15) is 9.97 Å². The van der Waals surface area contributed by atoms with Gasteiger partial charge in [-0.15, -0.1) is 0 Å². The third kappa shape index (κ3) is 6.45. The van der Waals surface area contributed by atoms with Gasteiger partial charge in [0, 0.05) is 60.8 Å². The Balaban J connectivity index is 1.33. The third-order valence-corrected chi connectivity index (χ3v) is 9.98. The lowest BCUT2D eigenvalue weighted by molar-refractivity contribution is -0.128. The molecule has 1 saturated carbocycles. The zero-order valence-corrected chi connectivity index (χ0v) is 27.3. The molecule has 9 nitrogen and oxygen atoms in total. The molecule has 0 radical (unpaired) electrons. The van der Waals surface area contributed by atoms with Gasteiger partial charge >= 0.3 is 6.01 Å². The summed E-state index contributed by atoms with van der Waals surface area (Å²) in [6, 6.07) is 12.9. The Morgan fingerprint density at radius 3 is 2.69 bits per heavy atom. The van der Waals surface area contributed by atoms with Crippen LogP contribution in [0.4, 0.5) is 11.5 Å². The van der Waals surface area contributed by atoms with Crippen molar-refractivity contribution in [3.8, 4) is 6.01 Å².